The molecule has 2 N–H and O–H groups in total. The van der Waals surface area contributed by atoms with Crippen LogP contribution in [-0.4, -0.2) is 53.9 Å². The van der Waals surface area contributed by atoms with Crippen LogP contribution in [0.5, 0.6) is 0 Å². The van der Waals surface area contributed by atoms with E-state index in [0.717, 1.165) is 17.4 Å². The molecule has 0 spiro atoms. The molecule has 9 heteroatoms. The monoisotopic (exact) mass is 465 g/mol. The third kappa shape index (κ3) is 3.78. The number of nitrogens with one attached hydrogen (secondary N) is 2. The van der Waals surface area contributed by atoms with Gasteiger partial charge in [-0.25, -0.2) is 14.2 Å². The van der Waals surface area contributed by atoms with Crippen LogP contribution in [0.1, 0.15) is 59.2 Å². The number of pyridine rings is 1. The van der Waals surface area contributed by atoms with Crippen LogP contribution in [-0.2, 0) is 10.3 Å². The first-order valence-electron chi connectivity index (χ1n) is 11.8. The van der Waals surface area contributed by atoms with E-state index in [1.54, 1.807) is 11.8 Å². The zero-order valence-electron chi connectivity index (χ0n) is 19.4. The molecule has 3 fully saturated rings. The summed E-state index contributed by atoms with van der Waals surface area (Å²) in [5, 5.41) is 4.69. The van der Waals surface area contributed by atoms with E-state index in [4.69, 9.17) is 0 Å². The van der Waals surface area contributed by atoms with Gasteiger partial charge in [-0.05, 0) is 55.4 Å². The van der Waals surface area contributed by atoms with E-state index in [-0.39, 0.29) is 23.5 Å². The Morgan fingerprint density at radius 3 is 2.47 bits per heavy atom. The van der Waals surface area contributed by atoms with Gasteiger partial charge >= 0.3 is 6.03 Å². The van der Waals surface area contributed by atoms with Gasteiger partial charge in [0.25, 0.3) is 11.8 Å². The van der Waals surface area contributed by atoms with E-state index in [0.29, 0.717) is 32.1 Å². The molecule has 2 aliphatic heterocycles. The molecular weight excluding hydrogens is 437 g/mol. The van der Waals surface area contributed by atoms with Gasteiger partial charge in [-0.3, -0.25) is 14.9 Å². The third-order valence-corrected chi connectivity index (χ3v) is 7.13. The van der Waals surface area contributed by atoms with Crippen molar-refractivity contribution in [2.45, 2.75) is 44.6 Å². The number of benzene rings is 1. The predicted molar refractivity (Wildman–Crippen MR) is 124 cm³/mol. The standard InChI is InChI=1S/C25H28FN5O3/c1-3-25(23(33)28-24(34)29-25)19-7-6-17(13-20(19)26)22(32)31-10-8-30(9-11-31)21-15(2)12-18(14-27-21)16-4-5-16/h6-7,12-14,16H,3-5,8-11H2,1-2H3,(H2,28,29,33,34). The van der Waals surface area contributed by atoms with Crippen molar-refractivity contribution in [3.63, 3.8) is 0 Å². The first-order chi connectivity index (χ1) is 16.3. The van der Waals surface area contributed by atoms with Gasteiger partial charge in [-0.15, -0.1) is 0 Å². The molecule has 2 aromatic rings. The van der Waals surface area contributed by atoms with Crippen molar-refractivity contribution in [3.05, 3.63) is 58.5 Å². The minimum atomic E-state index is -1.46. The number of halogens is 1. The molecule has 0 radical (unpaired) electrons. The smallest absolute Gasteiger partial charge is 0.322 e. The number of carbonyl (C=O) groups excluding carboxylic acids is 3. The fourth-order valence-electron chi connectivity index (χ4n) is 4.98. The number of anilines is 1. The number of piperazine rings is 1. The fraction of sp³-hybridized carbons (Fsp3) is 0.440. The maximum Gasteiger partial charge on any atom is 0.322 e. The Bertz CT molecular complexity index is 1170. The van der Waals surface area contributed by atoms with E-state index in [1.807, 2.05) is 6.20 Å². The molecule has 34 heavy (non-hydrogen) atoms. The van der Waals surface area contributed by atoms with Crippen LogP contribution in [0.15, 0.2) is 30.5 Å². The Morgan fingerprint density at radius 2 is 1.91 bits per heavy atom. The quantitative estimate of drug-likeness (QED) is 0.663. The highest BCUT2D eigenvalue weighted by atomic mass is 19.1. The second-order valence-electron chi connectivity index (χ2n) is 9.32. The van der Waals surface area contributed by atoms with Crippen molar-refractivity contribution < 1.29 is 18.8 Å². The van der Waals surface area contributed by atoms with E-state index >= 15 is 4.39 Å². The molecule has 1 atom stereocenters. The lowest BCUT2D eigenvalue weighted by molar-refractivity contribution is -0.124. The van der Waals surface area contributed by atoms with Gasteiger partial charge in [-0.2, -0.15) is 0 Å². The van der Waals surface area contributed by atoms with Crippen LogP contribution in [0.4, 0.5) is 15.0 Å². The van der Waals surface area contributed by atoms with Gasteiger partial charge in [0.15, 0.2) is 0 Å². The van der Waals surface area contributed by atoms with E-state index in [2.05, 4.69) is 33.5 Å². The highest BCUT2D eigenvalue weighted by Crippen LogP contribution is 2.40. The predicted octanol–water partition coefficient (Wildman–Crippen LogP) is 2.81. The zero-order valence-corrected chi connectivity index (χ0v) is 19.4. The second kappa shape index (κ2) is 8.38. The molecular formula is C25H28FN5O3. The molecule has 4 amide bonds. The Labute approximate surface area is 197 Å². The normalized spacial score (nSPS) is 22.6. The summed E-state index contributed by atoms with van der Waals surface area (Å²) in [4.78, 5) is 45.6. The van der Waals surface area contributed by atoms with Crippen molar-refractivity contribution in [1.29, 1.82) is 0 Å². The summed E-state index contributed by atoms with van der Waals surface area (Å²) in [6.45, 7) is 6.07. The molecule has 2 saturated heterocycles. The summed E-state index contributed by atoms with van der Waals surface area (Å²) >= 11 is 0. The number of urea groups is 1. The highest BCUT2D eigenvalue weighted by Gasteiger charge is 2.47. The minimum absolute atomic E-state index is 0.0518. The highest BCUT2D eigenvalue weighted by molar-refractivity contribution is 6.07. The van der Waals surface area contributed by atoms with Crippen LogP contribution in [0.25, 0.3) is 0 Å². The minimum Gasteiger partial charge on any atom is -0.353 e. The average molecular weight is 466 g/mol. The number of hydrogen-bond acceptors (Lipinski definition) is 5. The van der Waals surface area contributed by atoms with Gasteiger partial charge in [0.05, 0.1) is 0 Å². The molecule has 3 heterocycles. The van der Waals surface area contributed by atoms with Gasteiger partial charge in [0.2, 0.25) is 0 Å². The van der Waals surface area contributed by atoms with E-state index in [1.165, 1.54) is 30.5 Å². The lowest BCUT2D eigenvalue weighted by Crippen LogP contribution is -2.49. The van der Waals surface area contributed by atoms with Crippen LogP contribution in [0.3, 0.4) is 0 Å². The molecule has 1 aromatic carbocycles. The molecule has 3 aliphatic rings. The van der Waals surface area contributed by atoms with Gasteiger partial charge in [0.1, 0.15) is 17.2 Å². The molecule has 1 aliphatic carbocycles. The number of aromatic nitrogens is 1. The number of aryl methyl sites for hydroxylation is 1. The molecule has 1 aromatic heterocycles. The lowest BCUT2D eigenvalue weighted by atomic mass is 9.86. The van der Waals surface area contributed by atoms with Crippen LogP contribution in [0, 0.1) is 12.7 Å². The van der Waals surface area contributed by atoms with Crippen LogP contribution in [0.2, 0.25) is 0 Å². The molecule has 1 saturated carbocycles. The summed E-state index contributed by atoms with van der Waals surface area (Å²) in [5.74, 6) is 0.0634. The number of carbonyl (C=O) groups is 3. The van der Waals surface area contributed by atoms with Crippen LogP contribution >= 0.6 is 0 Å². The third-order valence-electron chi connectivity index (χ3n) is 7.13. The summed E-state index contributed by atoms with van der Waals surface area (Å²) < 4.78 is 15.1. The van der Waals surface area contributed by atoms with Crippen molar-refractivity contribution >= 4 is 23.7 Å². The molecule has 178 valence electrons. The number of hydrogen-bond donors (Lipinski definition) is 2. The average Bonchev–Trinajstić information content (AvgIpc) is 3.63. The lowest BCUT2D eigenvalue weighted by Gasteiger charge is -2.36. The SMILES string of the molecule is CCC1(c2ccc(C(=O)N3CCN(c4ncc(C5CC5)cc4C)CC3)cc2F)NC(=O)NC1=O. The maximum atomic E-state index is 15.1. The van der Waals surface area contributed by atoms with Crippen molar-refractivity contribution in [3.8, 4) is 0 Å². The first-order valence-corrected chi connectivity index (χ1v) is 11.8. The topological polar surface area (TPSA) is 94.6 Å². The van der Waals surface area contributed by atoms with Crippen molar-refractivity contribution in [2.75, 3.05) is 31.1 Å². The molecule has 1 unspecified atom stereocenters. The summed E-state index contributed by atoms with van der Waals surface area (Å²) in [7, 11) is 0. The van der Waals surface area contributed by atoms with Crippen molar-refractivity contribution in [1.82, 2.24) is 20.5 Å². The molecule has 8 nitrogen and oxygen atoms in total. The summed E-state index contributed by atoms with van der Waals surface area (Å²) in [6.07, 6.45) is 4.64. The molecule has 5 rings (SSSR count). The fourth-order valence-corrected chi connectivity index (χ4v) is 4.98. The zero-order chi connectivity index (χ0) is 24.0. The number of imide groups is 1. The summed E-state index contributed by atoms with van der Waals surface area (Å²) in [5.41, 5.74) is 1.26. The molecule has 0 bridgehead atoms. The largest absolute Gasteiger partial charge is 0.353 e. The van der Waals surface area contributed by atoms with Crippen LogP contribution < -0.4 is 15.5 Å². The van der Waals surface area contributed by atoms with E-state index in [9.17, 15) is 14.4 Å². The Balaban J connectivity index is 1.27. The summed E-state index contributed by atoms with van der Waals surface area (Å²) in [6, 6.07) is 5.66. The van der Waals surface area contributed by atoms with Gasteiger partial charge in [-0.1, -0.05) is 19.1 Å². The maximum absolute atomic E-state index is 15.1. The first kappa shape index (κ1) is 22.3. The van der Waals surface area contributed by atoms with E-state index < -0.39 is 23.3 Å². The van der Waals surface area contributed by atoms with Gasteiger partial charge in [0, 0.05) is 43.5 Å². The Hall–Kier alpha value is -3.49. The Kier molecular flexibility index (Phi) is 5.50. The number of amides is 4. The Morgan fingerprint density at radius 1 is 1.18 bits per heavy atom. The van der Waals surface area contributed by atoms with Crippen molar-refractivity contribution in [2.24, 2.45) is 0 Å². The second-order valence-corrected chi connectivity index (χ2v) is 9.32. The number of nitrogens with zero attached hydrogens (tertiary/aromatic N) is 3. The number of rotatable bonds is 5. The van der Waals surface area contributed by atoms with Gasteiger partial charge < -0.3 is 15.1 Å².